The molecule has 2 rings (SSSR count). The first kappa shape index (κ1) is 18.4. The van der Waals surface area contributed by atoms with Gasteiger partial charge in [0.25, 0.3) is 5.91 Å². The summed E-state index contributed by atoms with van der Waals surface area (Å²) in [4.78, 5) is 23.3. The van der Waals surface area contributed by atoms with Gasteiger partial charge in [0.2, 0.25) is 0 Å². The topological polar surface area (TPSA) is 93.5 Å². The summed E-state index contributed by atoms with van der Waals surface area (Å²) in [6, 6.07) is 8.28. The number of amides is 3. The summed E-state index contributed by atoms with van der Waals surface area (Å²) >= 11 is 5.71. The van der Waals surface area contributed by atoms with Crippen LogP contribution >= 0.6 is 11.6 Å². The maximum Gasteiger partial charge on any atom is 0.573 e. The lowest BCUT2D eigenvalue weighted by molar-refractivity contribution is -0.274. The number of carbonyl (C=O) groups excluding carboxylic acids is 2. The molecule has 0 aliphatic heterocycles. The van der Waals surface area contributed by atoms with Crippen LogP contribution in [-0.2, 0) is 0 Å². The highest BCUT2D eigenvalue weighted by molar-refractivity contribution is 6.31. The molecule has 0 atom stereocenters. The van der Waals surface area contributed by atoms with Gasteiger partial charge in [0.1, 0.15) is 5.75 Å². The number of para-hydroxylation sites is 1. The second kappa shape index (κ2) is 7.31. The van der Waals surface area contributed by atoms with Gasteiger partial charge in [0, 0.05) is 16.8 Å². The third-order valence-electron chi connectivity index (χ3n) is 2.80. The fourth-order valence-electron chi connectivity index (χ4n) is 1.92. The molecule has 4 N–H and O–H groups in total. The van der Waals surface area contributed by atoms with E-state index in [2.05, 4.69) is 15.4 Å². The quantitative estimate of drug-likeness (QED) is 0.756. The predicted molar refractivity (Wildman–Crippen MR) is 85.7 cm³/mol. The van der Waals surface area contributed by atoms with Crippen molar-refractivity contribution in [3.05, 3.63) is 53.1 Å². The molecule has 0 saturated heterocycles. The lowest BCUT2D eigenvalue weighted by Gasteiger charge is -2.13. The number of hydrogen-bond donors (Lipinski definition) is 3. The Labute approximate surface area is 144 Å². The molecule has 2 aromatic rings. The molecule has 25 heavy (non-hydrogen) atoms. The molecule has 3 amide bonds. The molecule has 10 heteroatoms. The van der Waals surface area contributed by atoms with Crippen LogP contribution in [0.3, 0.4) is 0 Å². The predicted octanol–water partition coefficient (Wildman–Crippen LogP) is 3.98. The van der Waals surface area contributed by atoms with Crippen LogP contribution in [0.5, 0.6) is 5.75 Å². The fourth-order valence-corrected chi connectivity index (χ4v) is 2.14. The minimum atomic E-state index is -4.90. The van der Waals surface area contributed by atoms with Crippen LogP contribution in [0.2, 0.25) is 5.02 Å². The Kier molecular flexibility index (Phi) is 5.38. The smallest absolute Gasteiger partial charge is 0.406 e. The zero-order valence-electron chi connectivity index (χ0n) is 12.4. The Morgan fingerprint density at radius 3 is 2.40 bits per heavy atom. The molecule has 0 radical (unpaired) electrons. The molecule has 0 saturated carbocycles. The van der Waals surface area contributed by atoms with Crippen LogP contribution in [0.15, 0.2) is 42.5 Å². The van der Waals surface area contributed by atoms with Crippen molar-refractivity contribution >= 4 is 34.9 Å². The van der Waals surface area contributed by atoms with Gasteiger partial charge in [-0.25, -0.2) is 4.79 Å². The molecule has 0 aliphatic carbocycles. The van der Waals surface area contributed by atoms with Gasteiger partial charge in [0.15, 0.2) is 0 Å². The molecule has 2 aromatic carbocycles. The first-order valence-electron chi connectivity index (χ1n) is 6.67. The van der Waals surface area contributed by atoms with Crippen LogP contribution in [0.4, 0.5) is 29.3 Å². The van der Waals surface area contributed by atoms with Gasteiger partial charge in [0.05, 0.1) is 11.3 Å². The standard InChI is InChI=1S/C15H11ClF3N3O3/c16-8-5-9(7-10(6-8)25-15(17,18)19)21-14(24)22-12-4-2-1-3-11(12)13(20)23/h1-7H,(H2,20,23)(H2,21,22,24). The van der Waals surface area contributed by atoms with Crippen LogP contribution in [-0.4, -0.2) is 18.3 Å². The number of urea groups is 1. The molecule has 0 heterocycles. The van der Waals surface area contributed by atoms with Crippen molar-refractivity contribution in [3.63, 3.8) is 0 Å². The molecule has 0 aliphatic rings. The summed E-state index contributed by atoms with van der Waals surface area (Å²) in [5.41, 5.74) is 5.36. The summed E-state index contributed by atoms with van der Waals surface area (Å²) < 4.78 is 40.6. The summed E-state index contributed by atoms with van der Waals surface area (Å²) in [6.45, 7) is 0. The number of alkyl halides is 3. The average Bonchev–Trinajstić information content (AvgIpc) is 2.44. The zero-order chi connectivity index (χ0) is 18.6. The number of carbonyl (C=O) groups is 2. The Morgan fingerprint density at radius 2 is 1.76 bits per heavy atom. The van der Waals surface area contributed by atoms with Crippen molar-refractivity contribution in [3.8, 4) is 5.75 Å². The number of ether oxygens (including phenoxy) is 1. The van der Waals surface area contributed by atoms with Crippen LogP contribution in [0.25, 0.3) is 0 Å². The maximum atomic E-state index is 12.3. The number of nitrogens with one attached hydrogen (secondary N) is 2. The second-order valence-electron chi connectivity index (χ2n) is 4.71. The molecule has 0 bridgehead atoms. The molecule has 0 unspecified atom stereocenters. The minimum absolute atomic E-state index is 0.0409. The average molecular weight is 374 g/mol. The molecule has 0 fully saturated rings. The SMILES string of the molecule is NC(=O)c1ccccc1NC(=O)Nc1cc(Cl)cc(OC(F)(F)F)c1. The highest BCUT2D eigenvalue weighted by Gasteiger charge is 2.31. The van der Waals surface area contributed by atoms with Crippen molar-refractivity contribution < 1.29 is 27.5 Å². The summed E-state index contributed by atoms with van der Waals surface area (Å²) in [6.07, 6.45) is -4.90. The number of benzene rings is 2. The van der Waals surface area contributed by atoms with Gasteiger partial charge in [-0.15, -0.1) is 13.2 Å². The van der Waals surface area contributed by atoms with E-state index >= 15 is 0 Å². The van der Waals surface area contributed by atoms with E-state index in [1.165, 1.54) is 18.2 Å². The highest BCUT2D eigenvalue weighted by atomic mass is 35.5. The van der Waals surface area contributed by atoms with E-state index in [0.717, 1.165) is 12.1 Å². The minimum Gasteiger partial charge on any atom is -0.406 e. The highest BCUT2D eigenvalue weighted by Crippen LogP contribution is 2.29. The molecule has 0 spiro atoms. The van der Waals surface area contributed by atoms with E-state index in [-0.39, 0.29) is 22.0 Å². The number of nitrogens with two attached hydrogens (primary N) is 1. The Bertz CT molecular complexity index is 812. The van der Waals surface area contributed by atoms with Gasteiger partial charge in [-0.1, -0.05) is 23.7 Å². The van der Waals surface area contributed by atoms with E-state index in [1.54, 1.807) is 12.1 Å². The normalized spacial score (nSPS) is 10.9. The van der Waals surface area contributed by atoms with E-state index < -0.39 is 24.1 Å². The lowest BCUT2D eigenvalue weighted by atomic mass is 10.1. The molecule has 132 valence electrons. The number of rotatable bonds is 4. The Balaban J connectivity index is 2.15. The number of anilines is 2. The van der Waals surface area contributed by atoms with Crippen LogP contribution in [0.1, 0.15) is 10.4 Å². The Hall–Kier alpha value is -2.94. The third kappa shape index (κ3) is 5.57. The number of hydrogen-bond acceptors (Lipinski definition) is 3. The van der Waals surface area contributed by atoms with Crippen LogP contribution in [0, 0.1) is 0 Å². The number of primary amides is 1. The van der Waals surface area contributed by atoms with Gasteiger partial charge < -0.3 is 21.1 Å². The summed E-state index contributed by atoms with van der Waals surface area (Å²) in [5, 5.41) is 4.59. The summed E-state index contributed by atoms with van der Waals surface area (Å²) in [7, 11) is 0. The van der Waals surface area contributed by atoms with Crippen molar-refractivity contribution in [1.29, 1.82) is 0 Å². The van der Waals surface area contributed by atoms with E-state index in [9.17, 15) is 22.8 Å². The first-order valence-corrected chi connectivity index (χ1v) is 7.05. The van der Waals surface area contributed by atoms with E-state index in [0.29, 0.717) is 0 Å². The monoisotopic (exact) mass is 373 g/mol. The van der Waals surface area contributed by atoms with Gasteiger partial charge in [-0.2, -0.15) is 0 Å². The van der Waals surface area contributed by atoms with Crippen molar-refractivity contribution in [2.45, 2.75) is 6.36 Å². The lowest BCUT2D eigenvalue weighted by Crippen LogP contribution is -2.22. The molecular weight excluding hydrogens is 363 g/mol. The maximum absolute atomic E-state index is 12.3. The summed E-state index contributed by atoms with van der Waals surface area (Å²) in [5.74, 6) is -1.34. The molecule has 0 aromatic heterocycles. The Morgan fingerprint density at radius 1 is 1.08 bits per heavy atom. The van der Waals surface area contributed by atoms with Gasteiger partial charge in [-0.3, -0.25) is 4.79 Å². The van der Waals surface area contributed by atoms with Crippen LogP contribution < -0.4 is 21.1 Å². The zero-order valence-corrected chi connectivity index (χ0v) is 13.1. The molecular formula is C15H11ClF3N3O3. The van der Waals surface area contributed by atoms with Crippen molar-refractivity contribution in [1.82, 2.24) is 0 Å². The van der Waals surface area contributed by atoms with Gasteiger partial charge >= 0.3 is 12.4 Å². The largest absolute Gasteiger partial charge is 0.573 e. The first-order chi connectivity index (χ1) is 11.6. The van der Waals surface area contributed by atoms with Crippen molar-refractivity contribution in [2.24, 2.45) is 5.73 Å². The van der Waals surface area contributed by atoms with E-state index in [1.807, 2.05) is 0 Å². The number of halogens is 4. The molecule has 6 nitrogen and oxygen atoms in total. The van der Waals surface area contributed by atoms with E-state index in [4.69, 9.17) is 17.3 Å². The van der Waals surface area contributed by atoms with Crippen molar-refractivity contribution in [2.75, 3.05) is 10.6 Å². The fraction of sp³-hybridized carbons (Fsp3) is 0.0667. The third-order valence-corrected chi connectivity index (χ3v) is 3.02. The van der Waals surface area contributed by atoms with Gasteiger partial charge in [-0.05, 0) is 24.3 Å². The second-order valence-corrected chi connectivity index (χ2v) is 5.15.